The number of furan rings is 1. The van der Waals surface area contributed by atoms with Gasteiger partial charge in [0.05, 0.1) is 12.6 Å². The van der Waals surface area contributed by atoms with Crippen LogP contribution in [0, 0.1) is 11.7 Å². The Balaban J connectivity index is 1.53. The van der Waals surface area contributed by atoms with Crippen LogP contribution in [0.1, 0.15) is 59.3 Å². The SMILES string of the molecule is COCCNC(=O)c1ccc(COc2ccc3c(c2)C(c2ccc(F)cc2)N(C(=O)CC(C)C)CC3)o1. The van der Waals surface area contributed by atoms with E-state index in [0.29, 0.717) is 37.6 Å². The van der Waals surface area contributed by atoms with Gasteiger partial charge in [0.15, 0.2) is 5.76 Å². The fourth-order valence-electron chi connectivity index (χ4n) is 4.51. The summed E-state index contributed by atoms with van der Waals surface area (Å²) in [5.74, 6) is 1.01. The van der Waals surface area contributed by atoms with Gasteiger partial charge in [-0.25, -0.2) is 4.39 Å². The van der Waals surface area contributed by atoms with Crippen molar-refractivity contribution in [3.8, 4) is 5.75 Å². The molecule has 8 heteroatoms. The second-order valence-electron chi connectivity index (χ2n) is 9.55. The number of methoxy groups -OCH3 is 1. The van der Waals surface area contributed by atoms with E-state index in [1.807, 2.05) is 36.9 Å². The molecule has 1 unspecified atom stereocenters. The number of nitrogens with zero attached hydrogens (tertiary/aromatic N) is 1. The van der Waals surface area contributed by atoms with Gasteiger partial charge in [-0.15, -0.1) is 0 Å². The van der Waals surface area contributed by atoms with Gasteiger partial charge in [-0.3, -0.25) is 9.59 Å². The van der Waals surface area contributed by atoms with Gasteiger partial charge in [0, 0.05) is 26.6 Å². The number of hydrogen-bond donors (Lipinski definition) is 1. The van der Waals surface area contributed by atoms with Crippen LogP contribution in [0.5, 0.6) is 5.75 Å². The zero-order chi connectivity index (χ0) is 26.4. The van der Waals surface area contributed by atoms with Crippen LogP contribution in [0.2, 0.25) is 0 Å². The lowest BCUT2D eigenvalue weighted by Gasteiger charge is -2.38. The smallest absolute Gasteiger partial charge is 0.287 e. The molecule has 7 nitrogen and oxygen atoms in total. The molecular formula is C29H33FN2O5. The molecule has 0 bridgehead atoms. The van der Waals surface area contributed by atoms with Crippen molar-refractivity contribution < 1.29 is 27.9 Å². The average Bonchev–Trinajstić information content (AvgIpc) is 3.36. The molecule has 1 aliphatic rings. The number of ether oxygens (including phenoxy) is 2. The van der Waals surface area contributed by atoms with Crippen LogP contribution >= 0.6 is 0 Å². The summed E-state index contributed by atoms with van der Waals surface area (Å²) in [6.07, 6.45) is 1.18. The van der Waals surface area contributed by atoms with Crippen LogP contribution in [0.4, 0.5) is 4.39 Å². The van der Waals surface area contributed by atoms with Crippen LogP contribution in [0.25, 0.3) is 0 Å². The Morgan fingerprint density at radius 3 is 2.65 bits per heavy atom. The lowest BCUT2D eigenvalue weighted by atomic mass is 9.87. The van der Waals surface area contributed by atoms with Gasteiger partial charge >= 0.3 is 0 Å². The van der Waals surface area contributed by atoms with Gasteiger partial charge in [0.25, 0.3) is 5.91 Å². The van der Waals surface area contributed by atoms with E-state index < -0.39 is 0 Å². The molecule has 1 N–H and O–H groups in total. The number of halogens is 1. The van der Waals surface area contributed by atoms with Crippen LogP contribution in [0.3, 0.4) is 0 Å². The monoisotopic (exact) mass is 508 g/mol. The fraction of sp³-hybridized carbons (Fsp3) is 0.379. The van der Waals surface area contributed by atoms with E-state index in [1.165, 1.54) is 12.1 Å². The summed E-state index contributed by atoms with van der Waals surface area (Å²) >= 11 is 0. The summed E-state index contributed by atoms with van der Waals surface area (Å²) in [7, 11) is 1.57. The van der Waals surface area contributed by atoms with Gasteiger partial charge in [-0.2, -0.15) is 0 Å². The Bertz CT molecular complexity index is 1220. The topological polar surface area (TPSA) is 81.0 Å². The maximum absolute atomic E-state index is 13.7. The van der Waals surface area contributed by atoms with E-state index >= 15 is 0 Å². The number of carbonyl (C=O) groups excluding carboxylic acids is 2. The molecule has 0 aliphatic carbocycles. The van der Waals surface area contributed by atoms with Crippen molar-refractivity contribution in [1.82, 2.24) is 10.2 Å². The maximum Gasteiger partial charge on any atom is 0.287 e. The molecule has 0 saturated heterocycles. The molecule has 37 heavy (non-hydrogen) atoms. The second-order valence-corrected chi connectivity index (χ2v) is 9.55. The third-order valence-electron chi connectivity index (χ3n) is 6.29. The van der Waals surface area contributed by atoms with Crippen molar-refractivity contribution in [3.05, 3.63) is 88.6 Å². The van der Waals surface area contributed by atoms with Crippen molar-refractivity contribution in [2.45, 2.75) is 39.3 Å². The molecule has 0 radical (unpaired) electrons. The highest BCUT2D eigenvalue weighted by Gasteiger charge is 2.32. The minimum absolute atomic E-state index is 0.0770. The Morgan fingerprint density at radius 2 is 1.92 bits per heavy atom. The van der Waals surface area contributed by atoms with Gasteiger partial charge in [-0.05, 0) is 65.4 Å². The van der Waals surface area contributed by atoms with Crippen molar-refractivity contribution in [1.29, 1.82) is 0 Å². The van der Waals surface area contributed by atoms with E-state index in [2.05, 4.69) is 5.32 Å². The average molecular weight is 509 g/mol. The second kappa shape index (κ2) is 12.1. The van der Waals surface area contributed by atoms with E-state index in [4.69, 9.17) is 13.9 Å². The fourth-order valence-corrected chi connectivity index (χ4v) is 4.51. The molecule has 2 amide bonds. The quantitative estimate of drug-likeness (QED) is 0.394. The van der Waals surface area contributed by atoms with Crippen LogP contribution in [0.15, 0.2) is 59.0 Å². The number of rotatable bonds is 10. The van der Waals surface area contributed by atoms with Crippen molar-refractivity contribution in [2.24, 2.45) is 5.92 Å². The lowest BCUT2D eigenvalue weighted by molar-refractivity contribution is -0.134. The third kappa shape index (κ3) is 6.57. The first-order chi connectivity index (χ1) is 17.9. The molecule has 4 rings (SSSR count). The molecule has 2 heterocycles. The van der Waals surface area contributed by atoms with Crippen molar-refractivity contribution in [3.63, 3.8) is 0 Å². The van der Waals surface area contributed by atoms with E-state index in [-0.39, 0.29) is 42.0 Å². The molecule has 0 fully saturated rings. The summed E-state index contributed by atoms with van der Waals surface area (Å²) in [5, 5.41) is 2.72. The van der Waals surface area contributed by atoms with E-state index in [0.717, 1.165) is 23.1 Å². The predicted molar refractivity (Wildman–Crippen MR) is 137 cm³/mol. The predicted octanol–water partition coefficient (Wildman–Crippen LogP) is 4.89. The minimum Gasteiger partial charge on any atom is -0.486 e. The largest absolute Gasteiger partial charge is 0.486 e. The summed E-state index contributed by atoms with van der Waals surface area (Å²) < 4.78 is 30.3. The van der Waals surface area contributed by atoms with Gasteiger partial charge < -0.3 is 24.1 Å². The molecule has 0 spiro atoms. The number of hydrogen-bond acceptors (Lipinski definition) is 5. The number of benzene rings is 2. The molecule has 3 aromatic rings. The molecule has 1 atom stereocenters. The third-order valence-corrected chi connectivity index (χ3v) is 6.29. The highest BCUT2D eigenvalue weighted by Crippen LogP contribution is 2.38. The molecule has 196 valence electrons. The molecular weight excluding hydrogens is 475 g/mol. The molecule has 2 aromatic carbocycles. The highest BCUT2D eigenvalue weighted by molar-refractivity contribution is 5.91. The first kappa shape index (κ1) is 26.4. The first-order valence-electron chi connectivity index (χ1n) is 12.5. The number of fused-ring (bicyclic) bond motifs is 1. The first-order valence-corrected chi connectivity index (χ1v) is 12.5. The van der Waals surface area contributed by atoms with E-state index in [1.54, 1.807) is 31.4 Å². The van der Waals surface area contributed by atoms with Crippen LogP contribution in [-0.4, -0.2) is 43.5 Å². The van der Waals surface area contributed by atoms with Gasteiger partial charge in [-0.1, -0.05) is 32.0 Å². The minimum atomic E-state index is -0.329. The van der Waals surface area contributed by atoms with Crippen LogP contribution in [-0.2, 0) is 22.6 Å². The summed E-state index contributed by atoms with van der Waals surface area (Å²) in [4.78, 5) is 27.2. The number of carbonyl (C=O) groups is 2. The van der Waals surface area contributed by atoms with Crippen molar-refractivity contribution in [2.75, 3.05) is 26.8 Å². The Kier molecular flexibility index (Phi) is 8.61. The van der Waals surface area contributed by atoms with Gasteiger partial charge in [0.1, 0.15) is 23.9 Å². The molecule has 1 aliphatic heterocycles. The number of nitrogens with one attached hydrogen (secondary N) is 1. The summed E-state index contributed by atoms with van der Waals surface area (Å²) in [5.41, 5.74) is 2.94. The van der Waals surface area contributed by atoms with Crippen molar-refractivity contribution >= 4 is 11.8 Å². The highest BCUT2D eigenvalue weighted by atomic mass is 19.1. The summed E-state index contributed by atoms with van der Waals surface area (Å²) in [6, 6.07) is 15.2. The zero-order valence-corrected chi connectivity index (χ0v) is 21.5. The van der Waals surface area contributed by atoms with Gasteiger partial charge in [0.2, 0.25) is 5.91 Å². The molecule has 0 saturated carbocycles. The lowest BCUT2D eigenvalue weighted by Crippen LogP contribution is -2.41. The van der Waals surface area contributed by atoms with E-state index in [9.17, 15) is 14.0 Å². The molecule has 1 aromatic heterocycles. The maximum atomic E-state index is 13.7. The Labute approximate surface area is 216 Å². The Morgan fingerprint density at radius 1 is 1.14 bits per heavy atom. The normalized spacial score (nSPS) is 14.9. The zero-order valence-electron chi connectivity index (χ0n) is 21.5. The van der Waals surface area contributed by atoms with Crippen LogP contribution < -0.4 is 10.1 Å². The Hall–Kier alpha value is -3.65. The number of amides is 2. The standard InChI is InChI=1S/C29H33FN2O5/c1-19(2)16-27(33)32-14-12-20-6-9-23(17-25(20)28(32)21-4-7-22(30)8-5-21)36-18-24-10-11-26(37-24)29(34)31-13-15-35-3/h4-11,17,19,28H,12-16,18H2,1-3H3,(H,31,34). The summed E-state index contributed by atoms with van der Waals surface area (Å²) in [6.45, 7) is 5.60.